The predicted octanol–water partition coefficient (Wildman–Crippen LogP) is 5.07. The fourth-order valence-corrected chi connectivity index (χ4v) is 2.48. The molecule has 27 heavy (non-hydrogen) atoms. The second kappa shape index (κ2) is 9.65. The van der Waals surface area contributed by atoms with Crippen LogP contribution in [-0.4, -0.2) is 19.1 Å². The van der Waals surface area contributed by atoms with Crippen molar-refractivity contribution in [3.05, 3.63) is 58.6 Å². The van der Waals surface area contributed by atoms with Crippen LogP contribution in [0, 0.1) is 11.3 Å². The van der Waals surface area contributed by atoms with E-state index in [4.69, 9.17) is 21.1 Å². The van der Waals surface area contributed by atoms with Crippen molar-refractivity contribution >= 4 is 29.3 Å². The van der Waals surface area contributed by atoms with E-state index in [0.29, 0.717) is 27.8 Å². The van der Waals surface area contributed by atoms with E-state index in [-0.39, 0.29) is 11.7 Å². The van der Waals surface area contributed by atoms with E-state index >= 15 is 0 Å². The first-order valence-electron chi connectivity index (χ1n) is 8.50. The summed E-state index contributed by atoms with van der Waals surface area (Å²) in [6.07, 6.45) is 2.25. The van der Waals surface area contributed by atoms with Gasteiger partial charge in [0.2, 0.25) is 0 Å². The first kappa shape index (κ1) is 20.3. The molecule has 0 radical (unpaired) electrons. The monoisotopic (exact) mass is 384 g/mol. The lowest BCUT2D eigenvalue weighted by molar-refractivity contribution is -0.112. The Hall–Kier alpha value is -2.97. The van der Waals surface area contributed by atoms with Gasteiger partial charge in [-0.25, -0.2) is 0 Å². The van der Waals surface area contributed by atoms with Crippen molar-refractivity contribution in [2.45, 2.75) is 26.4 Å². The first-order valence-corrected chi connectivity index (χ1v) is 8.88. The summed E-state index contributed by atoms with van der Waals surface area (Å²) in [4.78, 5) is 12.5. The lowest BCUT2D eigenvalue weighted by Crippen LogP contribution is -2.14. The summed E-state index contributed by atoms with van der Waals surface area (Å²) in [7, 11) is 1.54. The third-order valence-electron chi connectivity index (χ3n) is 3.87. The molecule has 1 atom stereocenters. The Labute approximate surface area is 164 Å². The van der Waals surface area contributed by atoms with Crippen LogP contribution in [0.1, 0.15) is 25.8 Å². The topological polar surface area (TPSA) is 71.3 Å². The van der Waals surface area contributed by atoms with Gasteiger partial charge in [-0.1, -0.05) is 36.7 Å². The standard InChI is InChI=1S/C21H21ClN2O3/c1-4-14(2)27-20-15(7-5-10-19(20)26-3)11-16(13-23)21(25)24-18-9-6-8-17(22)12-18/h5-12,14H,4H2,1-3H3,(H,24,25)/b16-11-. The number of hydrogen-bond donors (Lipinski definition) is 1. The van der Waals surface area contributed by atoms with Crippen LogP contribution >= 0.6 is 11.6 Å². The first-order chi connectivity index (χ1) is 13.0. The predicted molar refractivity (Wildman–Crippen MR) is 107 cm³/mol. The molecule has 0 aromatic heterocycles. The summed E-state index contributed by atoms with van der Waals surface area (Å²) in [6, 6.07) is 14.0. The van der Waals surface area contributed by atoms with Crippen LogP contribution in [0.15, 0.2) is 48.0 Å². The lowest BCUT2D eigenvalue weighted by atomic mass is 10.1. The van der Waals surface area contributed by atoms with E-state index in [1.165, 1.54) is 6.08 Å². The number of rotatable bonds is 7. The van der Waals surface area contributed by atoms with Gasteiger partial charge in [0.1, 0.15) is 11.6 Å². The average Bonchev–Trinajstić information content (AvgIpc) is 2.66. The van der Waals surface area contributed by atoms with Crippen molar-refractivity contribution in [3.63, 3.8) is 0 Å². The zero-order valence-corrected chi connectivity index (χ0v) is 16.2. The second-order valence-corrected chi connectivity index (χ2v) is 6.29. The summed E-state index contributed by atoms with van der Waals surface area (Å²) in [5.74, 6) is 0.506. The molecule has 0 aliphatic carbocycles. The number of nitriles is 1. The molecule has 1 amide bonds. The van der Waals surface area contributed by atoms with Crippen molar-refractivity contribution in [3.8, 4) is 17.6 Å². The normalized spacial score (nSPS) is 12.0. The summed E-state index contributed by atoms with van der Waals surface area (Å²) in [5.41, 5.74) is 1.04. The second-order valence-electron chi connectivity index (χ2n) is 5.85. The molecule has 2 aromatic rings. The summed E-state index contributed by atoms with van der Waals surface area (Å²) >= 11 is 5.93. The maximum atomic E-state index is 12.5. The Morgan fingerprint density at radius 3 is 2.70 bits per heavy atom. The van der Waals surface area contributed by atoms with Crippen LogP contribution < -0.4 is 14.8 Å². The minimum absolute atomic E-state index is 0.0423. The van der Waals surface area contributed by atoms with Crippen LogP contribution in [0.25, 0.3) is 6.08 Å². The Morgan fingerprint density at radius 1 is 1.33 bits per heavy atom. The van der Waals surface area contributed by atoms with Crippen molar-refractivity contribution in [1.82, 2.24) is 0 Å². The number of carbonyl (C=O) groups excluding carboxylic acids is 1. The quantitative estimate of drug-likeness (QED) is 0.534. The number of hydrogen-bond acceptors (Lipinski definition) is 4. The number of nitrogens with zero attached hydrogens (tertiary/aromatic N) is 1. The molecule has 0 aliphatic rings. The van der Waals surface area contributed by atoms with E-state index in [0.717, 1.165) is 6.42 Å². The number of ether oxygens (including phenoxy) is 2. The van der Waals surface area contributed by atoms with Gasteiger partial charge in [0.25, 0.3) is 5.91 Å². The minimum Gasteiger partial charge on any atom is -0.493 e. The maximum Gasteiger partial charge on any atom is 0.266 e. The Bertz CT molecular complexity index is 887. The minimum atomic E-state index is -0.530. The fraction of sp³-hybridized carbons (Fsp3) is 0.238. The van der Waals surface area contributed by atoms with Crippen LogP contribution in [0.2, 0.25) is 5.02 Å². The van der Waals surface area contributed by atoms with E-state index in [9.17, 15) is 10.1 Å². The van der Waals surface area contributed by atoms with Crippen molar-refractivity contribution < 1.29 is 14.3 Å². The third kappa shape index (κ3) is 5.50. The van der Waals surface area contributed by atoms with E-state index in [1.54, 1.807) is 49.6 Å². The van der Waals surface area contributed by atoms with Gasteiger partial charge in [-0.2, -0.15) is 5.26 Å². The zero-order valence-electron chi connectivity index (χ0n) is 15.5. The summed E-state index contributed by atoms with van der Waals surface area (Å²) < 4.78 is 11.3. The SMILES string of the molecule is CCC(C)Oc1c(/C=C(/C#N)C(=O)Nc2cccc(Cl)c2)cccc1OC. The Balaban J connectivity index is 2.36. The highest BCUT2D eigenvalue weighted by atomic mass is 35.5. The summed E-state index contributed by atoms with van der Waals surface area (Å²) in [6.45, 7) is 3.95. The molecule has 6 heteroatoms. The van der Waals surface area contributed by atoms with E-state index in [1.807, 2.05) is 19.9 Å². The molecular formula is C21H21ClN2O3. The Kier molecular flexibility index (Phi) is 7.27. The fourth-order valence-electron chi connectivity index (χ4n) is 2.29. The van der Waals surface area contributed by atoms with Gasteiger partial charge in [-0.3, -0.25) is 4.79 Å². The van der Waals surface area contributed by atoms with Crippen LogP contribution in [0.4, 0.5) is 5.69 Å². The van der Waals surface area contributed by atoms with Gasteiger partial charge in [-0.05, 0) is 43.7 Å². The number of halogens is 1. The molecule has 1 N–H and O–H groups in total. The highest BCUT2D eigenvalue weighted by Crippen LogP contribution is 2.34. The largest absolute Gasteiger partial charge is 0.493 e. The highest BCUT2D eigenvalue weighted by Gasteiger charge is 2.15. The number of anilines is 1. The molecule has 0 heterocycles. The van der Waals surface area contributed by atoms with E-state index < -0.39 is 5.91 Å². The molecule has 0 aliphatic heterocycles. The Morgan fingerprint density at radius 2 is 2.07 bits per heavy atom. The molecular weight excluding hydrogens is 364 g/mol. The summed E-state index contributed by atoms with van der Waals surface area (Å²) in [5, 5.41) is 12.6. The highest BCUT2D eigenvalue weighted by molar-refractivity contribution is 6.31. The van der Waals surface area contributed by atoms with Gasteiger partial charge in [0, 0.05) is 16.3 Å². The van der Waals surface area contributed by atoms with E-state index in [2.05, 4.69) is 5.32 Å². The molecule has 140 valence electrons. The van der Waals surface area contributed by atoms with Crippen molar-refractivity contribution in [1.29, 1.82) is 5.26 Å². The molecule has 1 unspecified atom stereocenters. The number of para-hydroxylation sites is 1. The third-order valence-corrected chi connectivity index (χ3v) is 4.11. The number of benzene rings is 2. The van der Waals surface area contributed by atoms with Crippen LogP contribution in [0.5, 0.6) is 11.5 Å². The average molecular weight is 385 g/mol. The molecule has 0 saturated carbocycles. The number of nitrogens with one attached hydrogen (secondary N) is 1. The molecule has 0 bridgehead atoms. The van der Waals surface area contributed by atoms with Gasteiger partial charge in [-0.15, -0.1) is 0 Å². The van der Waals surface area contributed by atoms with Gasteiger partial charge in [0.05, 0.1) is 13.2 Å². The smallest absolute Gasteiger partial charge is 0.266 e. The lowest BCUT2D eigenvalue weighted by Gasteiger charge is -2.17. The zero-order chi connectivity index (χ0) is 19.8. The molecule has 2 rings (SSSR count). The molecule has 0 fully saturated rings. The van der Waals surface area contributed by atoms with Crippen LogP contribution in [0.3, 0.4) is 0 Å². The van der Waals surface area contributed by atoms with Gasteiger partial charge < -0.3 is 14.8 Å². The number of amides is 1. The maximum absolute atomic E-state index is 12.5. The van der Waals surface area contributed by atoms with Crippen LogP contribution in [-0.2, 0) is 4.79 Å². The molecule has 2 aromatic carbocycles. The van der Waals surface area contributed by atoms with Gasteiger partial charge in [0.15, 0.2) is 11.5 Å². The van der Waals surface area contributed by atoms with Crippen molar-refractivity contribution in [2.24, 2.45) is 0 Å². The molecule has 5 nitrogen and oxygen atoms in total. The number of carbonyl (C=O) groups is 1. The molecule has 0 spiro atoms. The van der Waals surface area contributed by atoms with Gasteiger partial charge >= 0.3 is 0 Å². The number of methoxy groups -OCH3 is 1. The molecule has 0 saturated heterocycles. The van der Waals surface area contributed by atoms with Crippen molar-refractivity contribution in [2.75, 3.05) is 12.4 Å².